The molecule has 8 heteroatoms. The van der Waals surface area contributed by atoms with E-state index >= 15 is 0 Å². The molecule has 1 aromatic heterocycles. The summed E-state index contributed by atoms with van der Waals surface area (Å²) in [5, 5.41) is 0.771. The number of hydrogen-bond acceptors (Lipinski definition) is 7. The minimum atomic E-state index is 0.109. The molecule has 1 fully saturated rings. The fourth-order valence-electron chi connectivity index (χ4n) is 1.95. The van der Waals surface area contributed by atoms with E-state index in [4.69, 9.17) is 14.2 Å². The summed E-state index contributed by atoms with van der Waals surface area (Å²) < 4.78 is 15.9. The summed E-state index contributed by atoms with van der Waals surface area (Å²) in [7, 11) is 3.03. The second-order valence-corrected chi connectivity index (χ2v) is 4.88. The van der Waals surface area contributed by atoms with Crippen molar-refractivity contribution in [2.45, 2.75) is 19.1 Å². The molecule has 7 nitrogen and oxygen atoms in total. The zero-order valence-corrected chi connectivity index (χ0v) is 12.8. The molecule has 2 rings (SSSR count). The predicted molar refractivity (Wildman–Crippen MR) is 73.3 cm³/mol. The van der Waals surface area contributed by atoms with E-state index in [1.165, 1.54) is 14.2 Å². The Labute approximate surface area is 120 Å². The number of nitrogens with zero attached hydrogens (tertiary/aromatic N) is 4. The van der Waals surface area contributed by atoms with E-state index in [0.29, 0.717) is 12.5 Å². The number of ether oxygens (including phenoxy) is 3. The summed E-state index contributed by atoms with van der Waals surface area (Å²) in [5.41, 5.74) is 0. The lowest BCUT2D eigenvalue weighted by atomic mass is 10.2. The molecule has 0 aliphatic carbocycles. The number of halogens is 1. The Morgan fingerprint density at radius 1 is 1.21 bits per heavy atom. The van der Waals surface area contributed by atoms with Gasteiger partial charge in [0.2, 0.25) is 5.95 Å². The lowest BCUT2D eigenvalue weighted by molar-refractivity contribution is -0.00258. The molecule has 1 aliphatic rings. The van der Waals surface area contributed by atoms with Gasteiger partial charge in [0.25, 0.3) is 0 Å². The van der Waals surface area contributed by atoms with Crippen LogP contribution < -0.4 is 14.4 Å². The standard InChI is InChI=1S/C11H17BrN4O3/c1-7-5-16(6-8(4-12)19-7)9-13-10(17-2)15-11(14-9)18-3/h7-8H,4-6H2,1-3H3. The van der Waals surface area contributed by atoms with Crippen molar-refractivity contribution in [2.75, 3.05) is 37.5 Å². The Bertz CT molecular complexity index is 412. The first-order valence-corrected chi connectivity index (χ1v) is 7.08. The highest BCUT2D eigenvalue weighted by Crippen LogP contribution is 2.21. The van der Waals surface area contributed by atoms with E-state index in [2.05, 4.69) is 30.9 Å². The van der Waals surface area contributed by atoms with Crippen molar-refractivity contribution in [3.63, 3.8) is 0 Å². The Kier molecular flexibility index (Phi) is 4.76. The van der Waals surface area contributed by atoms with E-state index in [9.17, 15) is 0 Å². The fraction of sp³-hybridized carbons (Fsp3) is 0.727. The summed E-state index contributed by atoms with van der Waals surface area (Å²) in [5.74, 6) is 0.546. The van der Waals surface area contributed by atoms with E-state index in [-0.39, 0.29) is 24.2 Å². The molecule has 1 saturated heterocycles. The SMILES string of the molecule is COc1nc(OC)nc(N2CC(C)OC(CBr)C2)n1. The Hall–Kier alpha value is -1.15. The minimum absolute atomic E-state index is 0.109. The van der Waals surface area contributed by atoms with Gasteiger partial charge in [0.15, 0.2) is 0 Å². The number of rotatable bonds is 4. The van der Waals surface area contributed by atoms with Crippen LogP contribution in [0.3, 0.4) is 0 Å². The zero-order chi connectivity index (χ0) is 13.8. The van der Waals surface area contributed by atoms with Gasteiger partial charge in [-0.2, -0.15) is 9.97 Å². The third kappa shape index (κ3) is 3.44. The third-order valence-electron chi connectivity index (χ3n) is 2.73. The predicted octanol–water partition coefficient (Wildman–Crippen LogP) is 0.877. The lowest BCUT2D eigenvalue weighted by Crippen LogP contribution is -2.48. The van der Waals surface area contributed by atoms with Crippen molar-refractivity contribution in [3.05, 3.63) is 0 Å². The molecule has 0 spiro atoms. The molecule has 0 amide bonds. The van der Waals surface area contributed by atoms with Crippen molar-refractivity contribution in [1.82, 2.24) is 15.0 Å². The number of hydrogen-bond donors (Lipinski definition) is 0. The van der Waals surface area contributed by atoms with Crippen molar-refractivity contribution < 1.29 is 14.2 Å². The van der Waals surface area contributed by atoms with Crippen molar-refractivity contribution in [1.29, 1.82) is 0 Å². The molecule has 1 aliphatic heterocycles. The summed E-state index contributed by atoms with van der Waals surface area (Å²) >= 11 is 3.44. The van der Waals surface area contributed by atoms with E-state index in [0.717, 1.165) is 11.9 Å². The van der Waals surface area contributed by atoms with Crippen LogP contribution in [0.5, 0.6) is 12.0 Å². The molecular formula is C11H17BrN4O3. The van der Waals surface area contributed by atoms with Gasteiger partial charge in [-0.1, -0.05) is 15.9 Å². The fourth-order valence-corrected chi connectivity index (χ4v) is 2.30. The molecule has 2 heterocycles. The summed E-state index contributed by atoms with van der Waals surface area (Å²) in [6.45, 7) is 3.46. The maximum Gasteiger partial charge on any atom is 0.324 e. The second kappa shape index (κ2) is 6.33. The van der Waals surface area contributed by atoms with Gasteiger partial charge in [-0.25, -0.2) is 0 Å². The molecule has 0 bridgehead atoms. The van der Waals surface area contributed by atoms with Gasteiger partial charge in [0.1, 0.15) is 0 Å². The average Bonchev–Trinajstić information content (AvgIpc) is 2.45. The molecule has 2 unspecified atom stereocenters. The van der Waals surface area contributed by atoms with Crippen LogP contribution in [0.25, 0.3) is 0 Å². The van der Waals surface area contributed by atoms with Crippen molar-refractivity contribution >= 4 is 21.9 Å². The molecule has 0 N–H and O–H groups in total. The molecule has 0 aromatic carbocycles. The molecule has 2 atom stereocenters. The largest absolute Gasteiger partial charge is 0.467 e. The highest BCUT2D eigenvalue weighted by molar-refractivity contribution is 9.09. The molecule has 0 radical (unpaired) electrons. The van der Waals surface area contributed by atoms with Gasteiger partial charge in [0.05, 0.1) is 26.4 Å². The number of aromatic nitrogens is 3. The van der Waals surface area contributed by atoms with Gasteiger partial charge < -0.3 is 19.1 Å². The number of methoxy groups -OCH3 is 2. The van der Waals surface area contributed by atoms with Crippen LogP contribution in [-0.2, 0) is 4.74 Å². The summed E-state index contributed by atoms with van der Waals surface area (Å²) in [4.78, 5) is 14.6. The van der Waals surface area contributed by atoms with E-state index < -0.39 is 0 Å². The quantitative estimate of drug-likeness (QED) is 0.758. The number of alkyl halides is 1. The van der Waals surface area contributed by atoms with E-state index in [1.54, 1.807) is 0 Å². The van der Waals surface area contributed by atoms with Gasteiger partial charge in [0, 0.05) is 18.4 Å². The Balaban J connectivity index is 2.24. The van der Waals surface area contributed by atoms with Gasteiger partial charge in [-0.05, 0) is 6.92 Å². The summed E-state index contributed by atoms with van der Waals surface area (Å²) in [6, 6.07) is 0.493. The second-order valence-electron chi connectivity index (χ2n) is 4.24. The molecule has 19 heavy (non-hydrogen) atoms. The lowest BCUT2D eigenvalue weighted by Gasteiger charge is -2.36. The van der Waals surface area contributed by atoms with Crippen LogP contribution in [0.2, 0.25) is 0 Å². The molecule has 106 valence electrons. The first-order valence-electron chi connectivity index (χ1n) is 5.96. The molecular weight excluding hydrogens is 316 g/mol. The monoisotopic (exact) mass is 332 g/mol. The first kappa shape index (κ1) is 14.3. The van der Waals surface area contributed by atoms with Crippen molar-refractivity contribution in [2.24, 2.45) is 0 Å². The van der Waals surface area contributed by atoms with Crippen LogP contribution in [0.1, 0.15) is 6.92 Å². The first-order chi connectivity index (χ1) is 9.16. The normalized spacial score (nSPS) is 23.3. The van der Waals surface area contributed by atoms with Crippen LogP contribution in [-0.4, -0.2) is 59.8 Å². The van der Waals surface area contributed by atoms with Crippen LogP contribution in [0.15, 0.2) is 0 Å². The van der Waals surface area contributed by atoms with Gasteiger partial charge in [-0.3, -0.25) is 0 Å². The third-order valence-corrected chi connectivity index (χ3v) is 3.45. The maximum atomic E-state index is 5.78. The van der Waals surface area contributed by atoms with Crippen molar-refractivity contribution in [3.8, 4) is 12.0 Å². The minimum Gasteiger partial charge on any atom is -0.467 e. The van der Waals surface area contributed by atoms with Crippen LogP contribution >= 0.6 is 15.9 Å². The average molecular weight is 333 g/mol. The Morgan fingerprint density at radius 3 is 2.37 bits per heavy atom. The van der Waals surface area contributed by atoms with E-state index in [1.807, 2.05) is 11.8 Å². The smallest absolute Gasteiger partial charge is 0.324 e. The van der Waals surface area contributed by atoms with Crippen LogP contribution in [0.4, 0.5) is 5.95 Å². The highest BCUT2D eigenvalue weighted by atomic mass is 79.9. The Morgan fingerprint density at radius 2 is 1.84 bits per heavy atom. The highest BCUT2D eigenvalue weighted by Gasteiger charge is 2.27. The topological polar surface area (TPSA) is 69.6 Å². The molecule has 1 aromatic rings. The molecule has 0 saturated carbocycles. The number of anilines is 1. The number of morpholine rings is 1. The van der Waals surface area contributed by atoms with Crippen LogP contribution in [0, 0.1) is 0 Å². The van der Waals surface area contributed by atoms with Gasteiger partial charge in [-0.15, -0.1) is 4.98 Å². The zero-order valence-electron chi connectivity index (χ0n) is 11.2. The van der Waals surface area contributed by atoms with Gasteiger partial charge >= 0.3 is 12.0 Å². The maximum absolute atomic E-state index is 5.78. The summed E-state index contributed by atoms with van der Waals surface area (Å²) in [6.07, 6.45) is 0.225.